The molecule has 1 N–H and O–H groups in total. The fraction of sp³-hybridized carbons (Fsp3) is 0.571. The van der Waals surface area contributed by atoms with Gasteiger partial charge in [-0.1, -0.05) is 19.9 Å². The van der Waals surface area contributed by atoms with Gasteiger partial charge in [0.2, 0.25) is 0 Å². The highest BCUT2D eigenvalue weighted by molar-refractivity contribution is 5.26. The molecule has 0 aliphatic carbocycles. The van der Waals surface area contributed by atoms with Crippen LogP contribution in [0.25, 0.3) is 0 Å². The molecule has 0 heterocycles. The molecule has 0 aliphatic heterocycles. The minimum atomic E-state index is -0.155. The Balaban J connectivity index is 2.70. The third-order valence-electron chi connectivity index (χ3n) is 3.58. The molecule has 1 nitrogen and oxygen atoms in total. The summed E-state index contributed by atoms with van der Waals surface area (Å²) < 4.78 is 13.1. The first-order chi connectivity index (χ1) is 7.50. The number of halogens is 1. The number of aryl methyl sites for hydroxylation is 1. The minimum absolute atomic E-state index is 0.152. The zero-order valence-corrected chi connectivity index (χ0v) is 10.7. The Hall–Kier alpha value is -0.890. The van der Waals surface area contributed by atoms with Crippen LogP contribution in [0.2, 0.25) is 0 Å². The van der Waals surface area contributed by atoms with Gasteiger partial charge in [-0.25, -0.2) is 4.39 Å². The molecule has 0 saturated carbocycles. The van der Waals surface area contributed by atoms with Crippen LogP contribution in [0.15, 0.2) is 18.2 Å². The van der Waals surface area contributed by atoms with Crippen molar-refractivity contribution < 1.29 is 4.39 Å². The number of benzene rings is 1. The maximum absolute atomic E-state index is 13.1. The van der Waals surface area contributed by atoms with E-state index < -0.39 is 0 Å². The second kappa shape index (κ2) is 5.44. The monoisotopic (exact) mass is 223 g/mol. The highest BCUT2D eigenvalue weighted by atomic mass is 19.1. The summed E-state index contributed by atoms with van der Waals surface area (Å²) in [5.41, 5.74) is 2.34. The van der Waals surface area contributed by atoms with Gasteiger partial charge >= 0.3 is 0 Å². The van der Waals surface area contributed by atoms with Crippen molar-refractivity contribution in [3.8, 4) is 0 Å². The van der Waals surface area contributed by atoms with Gasteiger partial charge in [-0.2, -0.15) is 0 Å². The summed E-state index contributed by atoms with van der Waals surface area (Å²) >= 11 is 0. The van der Waals surface area contributed by atoms with E-state index in [2.05, 4.69) is 26.1 Å². The summed E-state index contributed by atoms with van der Waals surface area (Å²) in [6.45, 7) is 9.32. The molecule has 0 aromatic heterocycles. The fourth-order valence-electron chi connectivity index (χ4n) is 1.64. The summed E-state index contributed by atoms with van der Waals surface area (Å²) in [4.78, 5) is 0. The number of rotatable bonds is 5. The van der Waals surface area contributed by atoms with Crippen LogP contribution in [-0.2, 0) is 6.54 Å². The molecular weight excluding hydrogens is 201 g/mol. The molecule has 0 unspecified atom stereocenters. The third-order valence-corrected chi connectivity index (χ3v) is 3.58. The van der Waals surface area contributed by atoms with Crippen LogP contribution < -0.4 is 5.32 Å². The lowest BCUT2D eigenvalue weighted by atomic mass is 9.95. The molecule has 0 atom stereocenters. The van der Waals surface area contributed by atoms with Gasteiger partial charge in [-0.3, -0.25) is 0 Å². The van der Waals surface area contributed by atoms with Gasteiger partial charge in [0.05, 0.1) is 0 Å². The van der Waals surface area contributed by atoms with E-state index >= 15 is 0 Å². The van der Waals surface area contributed by atoms with Gasteiger partial charge in [0.1, 0.15) is 5.82 Å². The van der Waals surface area contributed by atoms with Crippen LogP contribution in [0.1, 0.15) is 44.7 Å². The van der Waals surface area contributed by atoms with Gasteiger partial charge < -0.3 is 5.32 Å². The molecule has 1 aromatic carbocycles. The normalized spacial score (nSPS) is 11.8. The molecule has 0 bridgehead atoms. The molecular formula is C14H22FN. The van der Waals surface area contributed by atoms with Crippen LogP contribution in [-0.4, -0.2) is 5.54 Å². The highest BCUT2D eigenvalue weighted by Crippen LogP contribution is 2.16. The predicted octanol–water partition coefficient (Wildman–Crippen LogP) is 3.80. The van der Waals surface area contributed by atoms with Crippen molar-refractivity contribution in [2.75, 3.05) is 0 Å². The van der Waals surface area contributed by atoms with Gasteiger partial charge in [0.15, 0.2) is 0 Å². The Labute approximate surface area is 98.1 Å². The van der Waals surface area contributed by atoms with E-state index in [-0.39, 0.29) is 11.4 Å². The van der Waals surface area contributed by atoms with Crippen LogP contribution >= 0.6 is 0 Å². The van der Waals surface area contributed by atoms with Gasteiger partial charge in [0.25, 0.3) is 0 Å². The molecule has 0 spiro atoms. The van der Waals surface area contributed by atoms with Crippen LogP contribution in [0.3, 0.4) is 0 Å². The van der Waals surface area contributed by atoms with Crippen LogP contribution in [0.4, 0.5) is 4.39 Å². The van der Waals surface area contributed by atoms with Crippen molar-refractivity contribution in [3.05, 3.63) is 35.1 Å². The Morgan fingerprint density at radius 2 is 1.88 bits per heavy atom. The van der Waals surface area contributed by atoms with E-state index in [9.17, 15) is 4.39 Å². The molecule has 0 aliphatic rings. The first kappa shape index (κ1) is 13.2. The van der Waals surface area contributed by atoms with E-state index in [4.69, 9.17) is 0 Å². The van der Waals surface area contributed by atoms with E-state index in [0.717, 1.165) is 30.5 Å². The standard InChI is InChI=1S/C14H22FN/c1-5-14(4,6-2)16-10-12-9-13(15)8-7-11(12)3/h7-9,16H,5-6,10H2,1-4H3. The minimum Gasteiger partial charge on any atom is -0.307 e. The average Bonchev–Trinajstić information content (AvgIpc) is 2.30. The van der Waals surface area contributed by atoms with Crippen molar-refractivity contribution in [2.45, 2.75) is 52.6 Å². The zero-order valence-electron chi connectivity index (χ0n) is 10.7. The molecule has 1 rings (SSSR count). The number of nitrogens with one attached hydrogen (secondary N) is 1. The summed E-state index contributed by atoms with van der Waals surface area (Å²) in [6.07, 6.45) is 2.16. The molecule has 1 aromatic rings. The molecule has 16 heavy (non-hydrogen) atoms. The maximum Gasteiger partial charge on any atom is 0.123 e. The first-order valence-corrected chi connectivity index (χ1v) is 6.01. The molecule has 2 heteroatoms. The lowest BCUT2D eigenvalue weighted by Gasteiger charge is -2.28. The highest BCUT2D eigenvalue weighted by Gasteiger charge is 2.18. The first-order valence-electron chi connectivity index (χ1n) is 6.01. The second-order valence-electron chi connectivity index (χ2n) is 4.69. The summed E-state index contributed by atoms with van der Waals surface area (Å²) in [5.74, 6) is -0.155. The van der Waals surface area contributed by atoms with Crippen molar-refractivity contribution in [1.29, 1.82) is 0 Å². The molecule has 0 amide bonds. The Kier molecular flexibility index (Phi) is 4.48. The summed E-state index contributed by atoms with van der Waals surface area (Å²) in [7, 11) is 0. The largest absolute Gasteiger partial charge is 0.307 e. The van der Waals surface area contributed by atoms with Crippen molar-refractivity contribution >= 4 is 0 Å². The Morgan fingerprint density at radius 1 is 1.25 bits per heavy atom. The second-order valence-corrected chi connectivity index (χ2v) is 4.69. The molecule has 0 fully saturated rings. The molecule has 0 radical (unpaired) electrons. The fourth-order valence-corrected chi connectivity index (χ4v) is 1.64. The van der Waals surface area contributed by atoms with E-state index in [1.165, 1.54) is 6.07 Å². The third kappa shape index (κ3) is 3.31. The van der Waals surface area contributed by atoms with Crippen LogP contribution in [0.5, 0.6) is 0 Å². The molecule has 90 valence electrons. The lowest BCUT2D eigenvalue weighted by molar-refractivity contribution is 0.329. The summed E-state index contributed by atoms with van der Waals surface area (Å²) in [5, 5.41) is 3.51. The lowest BCUT2D eigenvalue weighted by Crippen LogP contribution is -2.40. The zero-order chi connectivity index (χ0) is 12.2. The Morgan fingerprint density at radius 3 is 2.44 bits per heavy atom. The quantitative estimate of drug-likeness (QED) is 0.800. The van der Waals surface area contributed by atoms with Gasteiger partial charge in [-0.15, -0.1) is 0 Å². The maximum atomic E-state index is 13.1. The van der Waals surface area contributed by atoms with Crippen molar-refractivity contribution in [3.63, 3.8) is 0 Å². The van der Waals surface area contributed by atoms with Crippen LogP contribution in [0, 0.1) is 12.7 Å². The Bertz CT molecular complexity index is 343. The van der Waals surface area contributed by atoms with Crippen molar-refractivity contribution in [2.24, 2.45) is 0 Å². The van der Waals surface area contributed by atoms with E-state index in [1.54, 1.807) is 6.07 Å². The summed E-state index contributed by atoms with van der Waals surface area (Å²) in [6, 6.07) is 4.97. The van der Waals surface area contributed by atoms with E-state index in [0.29, 0.717) is 0 Å². The van der Waals surface area contributed by atoms with E-state index in [1.807, 2.05) is 13.0 Å². The topological polar surface area (TPSA) is 12.0 Å². The van der Waals surface area contributed by atoms with Gasteiger partial charge in [-0.05, 0) is 49.9 Å². The predicted molar refractivity (Wildman–Crippen MR) is 67.0 cm³/mol. The SMILES string of the molecule is CCC(C)(CC)NCc1cc(F)ccc1C. The van der Waals surface area contributed by atoms with Crippen molar-refractivity contribution in [1.82, 2.24) is 5.32 Å². The number of hydrogen-bond donors (Lipinski definition) is 1. The smallest absolute Gasteiger partial charge is 0.123 e. The number of hydrogen-bond acceptors (Lipinski definition) is 1. The average molecular weight is 223 g/mol. The molecule has 0 saturated heterocycles. The van der Waals surface area contributed by atoms with Gasteiger partial charge in [0, 0.05) is 12.1 Å².